The van der Waals surface area contributed by atoms with E-state index < -0.39 is 0 Å². The molecule has 0 spiro atoms. The first-order chi connectivity index (χ1) is 8.69. The summed E-state index contributed by atoms with van der Waals surface area (Å²) < 4.78 is 0. The third-order valence-corrected chi connectivity index (χ3v) is 3.82. The molecule has 18 heavy (non-hydrogen) atoms. The summed E-state index contributed by atoms with van der Waals surface area (Å²) in [4.78, 5) is 4.19. The monoisotopic (exact) mass is 294 g/mol. The number of thioether (sulfide) groups is 1. The van der Waals surface area contributed by atoms with Crippen LogP contribution in [0, 0.1) is 11.3 Å². The molecule has 0 amide bonds. The van der Waals surface area contributed by atoms with Crippen LogP contribution >= 0.6 is 35.0 Å². The Hall–Kier alpha value is -1.21. The second-order valence-electron chi connectivity index (χ2n) is 3.52. The summed E-state index contributed by atoms with van der Waals surface area (Å²) in [5.74, 6) is 0.692. The smallest absolute Gasteiger partial charge is 0.0993 e. The number of rotatable bonds is 3. The third kappa shape index (κ3) is 3.39. The predicted molar refractivity (Wildman–Crippen MR) is 75.0 cm³/mol. The molecule has 1 aromatic carbocycles. The van der Waals surface area contributed by atoms with E-state index in [0.717, 1.165) is 10.6 Å². The average Bonchev–Trinajstić information content (AvgIpc) is 2.38. The Kier molecular flexibility index (Phi) is 4.48. The largest absolute Gasteiger partial charge is 0.250 e. The Morgan fingerprint density at radius 2 is 2.06 bits per heavy atom. The second-order valence-corrected chi connectivity index (χ2v) is 5.36. The number of hydrogen-bond donors (Lipinski definition) is 0. The summed E-state index contributed by atoms with van der Waals surface area (Å²) in [7, 11) is 0. The number of pyridine rings is 1. The van der Waals surface area contributed by atoms with Gasteiger partial charge >= 0.3 is 0 Å². The van der Waals surface area contributed by atoms with E-state index in [4.69, 9.17) is 28.5 Å². The predicted octanol–water partition coefficient (Wildman–Crippen LogP) is 4.55. The van der Waals surface area contributed by atoms with Crippen molar-refractivity contribution < 1.29 is 0 Å². The molecule has 1 heterocycles. The minimum Gasteiger partial charge on any atom is -0.250 e. The van der Waals surface area contributed by atoms with Gasteiger partial charge in [-0.1, -0.05) is 29.3 Å². The SMILES string of the molecule is N#Cc1ccnc(SCc2ccc(Cl)cc2Cl)c1. The van der Waals surface area contributed by atoms with E-state index >= 15 is 0 Å². The summed E-state index contributed by atoms with van der Waals surface area (Å²) in [5.41, 5.74) is 1.60. The van der Waals surface area contributed by atoms with Gasteiger partial charge in [0.2, 0.25) is 0 Å². The molecule has 2 aromatic rings. The van der Waals surface area contributed by atoms with Crippen LogP contribution in [0.5, 0.6) is 0 Å². The molecular formula is C13H8Cl2N2S. The fraction of sp³-hybridized carbons (Fsp3) is 0.0769. The topological polar surface area (TPSA) is 36.7 Å². The van der Waals surface area contributed by atoms with E-state index in [1.165, 1.54) is 11.8 Å². The van der Waals surface area contributed by atoms with Crippen LogP contribution in [0.1, 0.15) is 11.1 Å². The minimum atomic E-state index is 0.606. The van der Waals surface area contributed by atoms with Gasteiger partial charge in [0.15, 0.2) is 0 Å². The number of nitrogens with zero attached hydrogens (tertiary/aromatic N) is 2. The van der Waals surface area contributed by atoms with E-state index in [0.29, 0.717) is 21.4 Å². The lowest BCUT2D eigenvalue weighted by Gasteiger charge is -2.04. The van der Waals surface area contributed by atoms with E-state index in [9.17, 15) is 0 Å². The Bertz CT molecular complexity index is 608. The molecule has 5 heteroatoms. The van der Waals surface area contributed by atoms with Crippen LogP contribution in [0.25, 0.3) is 0 Å². The number of hydrogen-bond acceptors (Lipinski definition) is 3. The minimum absolute atomic E-state index is 0.606. The fourth-order valence-corrected chi connectivity index (χ4v) is 2.80. The molecule has 90 valence electrons. The Morgan fingerprint density at radius 3 is 2.78 bits per heavy atom. The highest BCUT2D eigenvalue weighted by molar-refractivity contribution is 7.98. The molecule has 0 bridgehead atoms. The summed E-state index contributed by atoms with van der Waals surface area (Å²) >= 11 is 13.5. The van der Waals surface area contributed by atoms with Gasteiger partial charge in [-0.2, -0.15) is 5.26 Å². The van der Waals surface area contributed by atoms with Crippen molar-refractivity contribution >= 4 is 35.0 Å². The lowest BCUT2D eigenvalue weighted by molar-refractivity contribution is 1.12. The van der Waals surface area contributed by atoms with Crippen molar-refractivity contribution in [3.8, 4) is 6.07 Å². The molecule has 0 atom stereocenters. The van der Waals surface area contributed by atoms with Crippen LogP contribution in [0.2, 0.25) is 10.0 Å². The van der Waals surface area contributed by atoms with Gasteiger partial charge in [0.1, 0.15) is 0 Å². The molecule has 2 rings (SSSR count). The van der Waals surface area contributed by atoms with Crippen molar-refractivity contribution in [3.05, 3.63) is 57.7 Å². The molecule has 0 aliphatic carbocycles. The first-order valence-corrected chi connectivity index (χ1v) is 6.86. The fourth-order valence-electron chi connectivity index (χ4n) is 1.35. The van der Waals surface area contributed by atoms with Crippen molar-refractivity contribution in [3.63, 3.8) is 0 Å². The normalized spacial score (nSPS) is 10.1. The van der Waals surface area contributed by atoms with Crippen LogP contribution in [-0.2, 0) is 5.75 Å². The van der Waals surface area contributed by atoms with E-state index in [2.05, 4.69) is 11.1 Å². The molecule has 0 fully saturated rings. The van der Waals surface area contributed by atoms with Gasteiger partial charge < -0.3 is 0 Å². The standard InChI is InChI=1S/C13H8Cl2N2S/c14-11-2-1-10(12(15)6-11)8-18-13-5-9(7-16)3-4-17-13/h1-6H,8H2. The van der Waals surface area contributed by atoms with Crippen LogP contribution in [0.3, 0.4) is 0 Å². The van der Waals surface area contributed by atoms with Crippen LogP contribution in [-0.4, -0.2) is 4.98 Å². The quantitative estimate of drug-likeness (QED) is 0.779. The van der Waals surface area contributed by atoms with E-state index in [1.54, 1.807) is 24.4 Å². The lowest BCUT2D eigenvalue weighted by Crippen LogP contribution is -1.86. The molecule has 0 aliphatic rings. The number of nitriles is 1. The molecule has 0 radical (unpaired) electrons. The molecule has 0 aliphatic heterocycles. The maximum absolute atomic E-state index is 8.80. The third-order valence-electron chi connectivity index (χ3n) is 2.25. The number of aromatic nitrogens is 1. The van der Waals surface area contributed by atoms with Gasteiger partial charge in [0.05, 0.1) is 16.7 Å². The molecule has 0 saturated carbocycles. The maximum Gasteiger partial charge on any atom is 0.0993 e. The van der Waals surface area contributed by atoms with Gasteiger partial charge in [0, 0.05) is 22.0 Å². The Morgan fingerprint density at radius 1 is 1.22 bits per heavy atom. The van der Waals surface area contributed by atoms with Crippen LogP contribution < -0.4 is 0 Å². The zero-order valence-corrected chi connectivity index (χ0v) is 11.6. The summed E-state index contributed by atoms with van der Waals surface area (Å²) in [6, 6.07) is 10.9. The summed E-state index contributed by atoms with van der Waals surface area (Å²) in [6.45, 7) is 0. The molecule has 0 saturated heterocycles. The highest BCUT2D eigenvalue weighted by Crippen LogP contribution is 2.27. The average molecular weight is 295 g/mol. The maximum atomic E-state index is 8.80. The highest BCUT2D eigenvalue weighted by atomic mass is 35.5. The number of halogens is 2. The molecular weight excluding hydrogens is 287 g/mol. The van der Waals surface area contributed by atoms with Crippen molar-refractivity contribution in [2.45, 2.75) is 10.8 Å². The van der Waals surface area contributed by atoms with Crippen molar-refractivity contribution in [2.24, 2.45) is 0 Å². The highest BCUT2D eigenvalue weighted by Gasteiger charge is 2.03. The first kappa shape index (κ1) is 13.2. The van der Waals surface area contributed by atoms with Crippen LogP contribution in [0.4, 0.5) is 0 Å². The van der Waals surface area contributed by atoms with Crippen LogP contribution in [0.15, 0.2) is 41.6 Å². The van der Waals surface area contributed by atoms with Crippen molar-refractivity contribution in [2.75, 3.05) is 0 Å². The lowest BCUT2D eigenvalue weighted by atomic mass is 10.2. The Balaban J connectivity index is 2.09. The van der Waals surface area contributed by atoms with Crippen molar-refractivity contribution in [1.29, 1.82) is 5.26 Å². The molecule has 0 N–H and O–H groups in total. The van der Waals surface area contributed by atoms with E-state index in [-0.39, 0.29) is 0 Å². The number of benzene rings is 1. The molecule has 1 aromatic heterocycles. The van der Waals surface area contributed by atoms with Gasteiger partial charge in [-0.15, -0.1) is 11.8 Å². The van der Waals surface area contributed by atoms with Gasteiger partial charge in [-0.05, 0) is 29.8 Å². The summed E-state index contributed by atoms with van der Waals surface area (Å²) in [6.07, 6.45) is 1.63. The molecule has 0 unspecified atom stereocenters. The van der Waals surface area contributed by atoms with E-state index in [1.807, 2.05) is 12.1 Å². The van der Waals surface area contributed by atoms with Gasteiger partial charge in [-0.25, -0.2) is 4.98 Å². The zero-order chi connectivity index (χ0) is 13.0. The second kappa shape index (κ2) is 6.10. The van der Waals surface area contributed by atoms with Gasteiger partial charge in [0.25, 0.3) is 0 Å². The molecule has 2 nitrogen and oxygen atoms in total. The summed E-state index contributed by atoms with van der Waals surface area (Å²) in [5, 5.41) is 10.9. The van der Waals surface area contributed by atoms with Gasteiger partial charge in [-0.3, -0.25) is 0 Å². The van der Waals surface area contributed by atoms with Crippen molar-refractivity contribution in [1.82, 2.24) is 4.98 Å². The first-order valence-electron chi connectivity index (χ1n) is 5.12. The Labute approximate surface area is 120 Å². The zero-order valence-electron chi connectivity index (χ0n) is 9.23.